The van der Waals surface area contributed by atoms with Crippen LogP contribution >= 0.6 is 0 Å². The Morgan fingerprint density at radius 3 is 2.60 bits per heavy atom. The standard InChI is InChI=1S/C14H25N3O3/c1-3-16-8-4-6-11(16)10-15(2)14(20)17-9-5-7-12(17)13(18)19/h11-12H,3-10H2,1-2H3,(H,18,19)/t11?,12-/m1/s1. The van der Waals surface area contributed by atoms with Crippen LogP contribution < -0.4 is 0 Å². The van der Waals surface area contributed by atoms with Crippen LogP contribution in [0, 0.1) is 0 Å². The van der Waals surface area contributed by atoms with E-state index in [-0.39, 0.29) is 6.03 Å². The van der Waals surface area contributed by atoms with E-state index >= 15 is 0 Å². The zero-order valence-corrected chi connectivity index (χ0v) is 12.4. The maximum atomic E-state index is 12.4. The van der Waals surface area contributed by atoms with Gasteiger partial charge in [0.25, 0.3) is 0 Å². The Hall–Kier alpha value is -1.30. The van der Waals surface area contributed by atoms with Crippen molar-refractivity contribution in [2.75, 3.05) is 33.2 Å². The first-order valence-electron chi connectivity index (χ1n) is 7.53. The minimum Gasteiger partial charge on any atom is -0.480 e. The van der Waals surface area contributed by atoms with Crippen LogP contribution in [0.2, 0.25) is 0 Å². The van der Waals surface area contributed by atoms with Crippen molar-refractivity contribution in [2.45, 2.75) is 44.7 Å². The lowest BCUT2D eigenvalue weighted by Crippen LogP contribution is -2.49. The van der Waals surface area contributed by atoms with Gasteiger partial charge in [0.15, 0.2) is 0 Å². The van der Waals surface area contributed by atoms with E-state index in [4.69, 9.17) is 5.11 Å². The molecule has 2 rings (SSSR count). The normalized spacial score (nSPS) is 27.0. The lowest BCUT2D eigenvalue weighted by Gasteiger charge is -2.31. The molecular weight excluding hydrogens is 258 g/mol. The van der Waals surface area contributed by atoms with Crippen molar-refractivity contribution in [3.05, 3.63) is 0 Å². The summed E-state index contributed by atoms with van der Waals surface area (Å²) in [5, 5.41) is 9.16. The van der Waals surface area contributed by atoms with Gasteiger partial charge in [0.1, 0.15) is 6.04 Å². The summed E-state index contributed by atoms with van der Waals surface area (Å²) in [4.78, 5) is 29.2. The second kappa shape index (κ2) is 6.43. The first-order chi connectivity index (χ1) is 9.54. The molecule has 0 radical (unpaired) electrons. The number of carboxylic acids is 1. The molecule has 6 heteroatoms. The van der Waals surface area contributed by atoms with Crippen LogP contribution in [0.15, 0.2) is 0 Å². The number of carbonyl (C=O) groups is 2. The monoisotopic (exact) mass is 283 g/mol. The van der Waals surface area contributed by atoms with Crippen LogP contribution in [0.3, 0.4) is 0 Å². The van der Waals surface area contributed by atoms with Crippen molar-refractivity contribution in [2.24, 2.45) is 0 Å². The average Bonchev–Trinajstić information content (AvgIpc) is 3.05. The van der Waals surface area contributed by atoms with Crippen LogP contribution in [0.25, 0.3) is 0 Å². The van der Waals surface area contributed by atoms with Gasteiger partial charge in [-0.15, -0.1) is 0 Å². The summed E-state index contributed by atoms with van der Waals surface area (Å²) >= 11 is 0. The van der Waals surface area contributed by atoms with Gasteiger partial charge in [-0.1, -0.05) is 6.92 Å². The van der Waals surface area contributed by atoms with Gasteiger partial charge in [0.05, 0.1) is 0 Å². The number of urea groups is 1. The molecule has 2 amide bonds. The number of likely N-dealkylation sites (tertiary alicyclic amines) is 2. The van der Waals surface area contributed by atoms with Crippen molar-refractivity contribution in [3.63, 3.8) is 0 Å². The van der Waals surface area contributed by atoms with E-state index in [2.05, 4.69) is 11.8 Å². The molecule has 1 unspecified atom stereocenters. The Kier molecular flexibility index (Phi) is 4.86. The molecule has 2 saturated heterocycles. The Balaban J connectivity index is 1.93. The fraction of sp³-hybridized carbons (Fsp3) is 0.857. The summed E-state index contributed by atoms with van der Waals surface area (Å²) in [7, 11) is 1.78. The lowest BCUT2D eigenvalue weighted by molar-refractivity contribution is -0.141. The molecule has 6 nitrogen and oxygen atoms in total. The summed E-state index contributed by atoms with van der Waals surface area (Å²) in [6, 6.07) is -0.367. The third-order valence-corrected chi connectivity index (χ3v) is 4.50. The van der Waals surface area contributed by atoms with Crippen LogP contribution in [0.5, 0.6) is 0 Å². The molecule has 2 atom stereocenters. The molecule has 0 aliphatic carbocycles. The molecule has 2 aliphatic rings. The van der Waals surface area contributed by atoms with Crippen LogP contribution in [0.1, 0.15) is 32.6 Å². The minimum absolute atomic E-state index is 0.141. The van der Waals surface area contributed by atoms with Crippen LogP contribution in [-0.2, 0) is 4.79 Å². The second-order valence-corrected chi connectivity index (χ2v) is 5.78. The fourth-order valence-electron chi connectivity index (χ4n) is 3.38. The molecule has 0 aromatic rings. The van der Waals surface area contributed by atoms with E-state index in [1.54, 1.807) is 11.9 Å². The number of amides is 2. The number of rotatable bonds is 4. The van der Waals surface area contributed by atoms with Gasteiger partial charge in [-0.05, 0) is 38.8 Å². The highest BCUT2D eigenvalue weighted by atomic mass is 16.4. The maximum absolute atomic E-state index is 12.4. The van der Waals surface area contributed by atoms with E-state index in [0.717, 1.165) is 25.9 Å². The molecule has 2 fully saturated rings. The third kappa shape index (κ3) is 3.06. The van der Waals surface area contributed by atoms with Gasteiger partial charge in [-0.2, -0.15) is 0 Å². The van der Waals surface area contributed by atoms with Gasteiger partial charge < -0.3 is 14.9 Å². The molecule has 0 aromatic carbocycles. The number of hydrogen-bond donors (Lipinski definition) is 1. The van der Waals surface area contributed by atoms with E-state index in [1.807, 2.05) is 0 Å². The summed E-state index contributed by atoms with van der Waals surface area (Å²) < 4.78 is 0. The van der Waals surface area contributed by atoms with Crippen molar-refractivity contribution >= 4 is 12.0 Å². The van der Waals surface area contributed by atoms with Crippen LogP contribution in [-0.4, -0.2) is 77.1 Å². The molecule has 0 spiro atoms. The highest BCUT2D eigenvalue weighted by Crippen LogP contribution is 2.21. The highest BCUT2D eigenvalue weighted by Gasteiger charge is 2.36. The Labute approximate surface area is 120 Å². The van der Waals surface area contributed by atoms with E-state index in [1.165, 1.54) is 11.3 Å². The fourth-order valence-corrected chi connectivity index (χ4v) is 3.38. The topological polar surface area (TPSA) is 64.1 Å². The lowest BCUT2D eigenvalue weighted by atomic mass is 10.2. The molecule has 0 bridgehead atoms. The quantitative estimate of drug-likeness (QED) is 0.838. The summed E-state index contributed by atoms with van der Waals surface area (Å²) in [6.45, 7) is 5.50. The number of carboxylic acid groups (broad SMARTS) is 1. The summed E-state index contributed by atoms with van der Waals surface area (Å²) in [6.07, 6.45) is 3.65. The number of hydrogen-bond acceptors (Lipinski definition) is 3. The number of nitrogens with zero attached hydrogens (tertiary/aromatic N) is 3. The molecule has 0 aromatic heterocycles. The zero-order valence-electron chi connectivity index (χ0n) is 12.4. The van der Waals surface area contributed by atoms with Gasteiger partial charge in [-0.25, -0.2) is 9.59 Å². The SMILES string of the molecule is CCN1CCCC1CN(C)C(=O)N1CCC[C@@H]1C(=O)O. The predicted molar refractivity (Wildman–Crippen MR) is 75.7 cm³/mol. The molecule has 20 heavy (non-hydrogen) atoms. The van der Waals surface area contributed by atoms with Crippen LogP contribution in [0.4, 0.5) is 4.79 Å². The van der Waals surface area contributed by atoms with Crippen molar-refractivity contribution in [1.29, 1.82) is 0 Å². The summed E-state index contributed by atoms with van der Waals surface area (Å²) in [5.41, 5.74) is 0. The second-order valence-electron chi connectivity index (χ2n) is 5.78. The van der Waals surface area contributed by atoms with Gasteiger partial charge in [0.2, 0.25) is 0 Å². The predicted octanol–water partition coefficient (Wildman–Crippen LogP) is 1.07. The number of likely N-dealkylation sites (N-methyl/N-ethyl adjacent to an activating group) is 2. The van der Waals surface area contributed by atoms with Gasteiger partial charge in [-0.3, -0.25) is 4.90 Å². The minimum atomic E-state index is -0.889. The molecule has 2 heterocycles. The maximum Gasteiger partial charge on any atom is 0.326 e. The van der Waals surface area contributed by atoms with Gasteiger partial charge in [0, 0.05) is 26.2 Å². The first kappa shape index (κ1) is 15.1. The molecular formula is C14H25N3O3. The number of aliphatic carboxylic acids is 1. The average molecular weight is 283 g/mol. The zero-order chi connectivity index (χ0) is 14.7. The number of carbonyl (C=O) groups excluding carboxylic acids is 1. The van der Waals surface area contributed by atoms with Crippen molar-refractivity contribution < 1.29 is 14.7 Å². The first-order valence-corrected chi connectivity index (χ1v) is 7.53. The van der Waals surface area contributed by atoms with Crippen molar-refractivity contribution in [1.82, 2.24) is 14.7 Å². The molecule has 0 saturated carbocycles. The highest BCUT2D eigenvalue weighted by molar-refractivity contribution is 5.83. The van der Waals surface area contributed by atoms with Gasteiger partial charge >= 0.3 is 12.0 Å². The van der Waals surface area contributed by atoms with E-state index in [0.29, 0.717) is 25.6 Å². The molecule has 1 N–H and O–H groups in total. The van der Waals surface area contributed by atoms with E-state index in [9.17, 15) is 9.59 Å². The van der Waals surface area contributed by atoms with E-state index < -0.39 is 12.0 Å². The Bertz CT molecular complexity index is 375. The Morgan fingerprint density at radius 1 is 1.25 bits per heavy atom. The van der Waals surface area contributed by atoms with Crippen molar-refractivity contribution in [3.8, 4) is 0 Å². The summed E-state index contributed by atoms with van der Waals surface area (Å²) in [5.74, 6) is -0.889. The third-order valence-electron chi connectivity index (χ3n) is 4.50. The molecule has 2 aliphatic heterocycles. The Morgan fingerprint density at radius 2 is 1.95 bits per heavy atom. The largest absolute Gasteiger partial charge is 0.480 e. The molecule has 114 valence electrons. The smallest absolute Gasteiger partial charge is 0.326 e.